The summed E-state index contributed by atoms with van der Waals surface area (Å²) >= 11 is 0. The van der Waals surface area contributed by atoms with Crippen LogP contribution in [0.15, 0.2) is 43.0 Å². The van der Waals surface area contributed by atoms with Gasteiger partial charge in [-0.05, 0) is 42.9 Å². The second-order valence-corrected chi connectivity index (χ2v) is 5.02. The van der Waals surface area contributed by atoms with E-state index in [1.807, 2.05) is 12.4 Å². The van der Waals surface area contributed by atoms with E-state index in [1.165, 1.54) is 16.8 Å². The molecule has 1 aliphatic heterocycles. The summed E-state index contributed by atoms with van der Waals surface area (Å²) < 4.78 is 0. The normalized spacial score (nSPS) is 22.1. The zero-order valence-electron chi connectivity index (χ0n) is 10.5. The van der Waals surface area contributed by atoms with Crippen LogP contribution in [0.2, 0.25) is 0 Å². The Morgan fingerprint density at radius 3 is 2.83 bits per heavy atom. The van der Waals surface area contributed by atoms with Crippen LogP contribution in [0.3, 0.4) is 0 Å². The number of benzene rings is 1. The summed E-state index contributed by atoms with van der Waals surface area (Å²) in [6.45, 7) is 2.24. The Kier molecular flexibility index (Phi) is 2.97. The van der Waals surface area contributed by atoms with Crippen molar-refractivity contribution in [3.63, 3.8) is 0 Å². The molecule has 1 N–H and O–H groups in total. The summed E-state index contributed by atoms with van der Waals surface area (Å²) in [4.78, 5) is 8.20. The van der Waals surface area contributed by atoms with Crippen molar-refractivity contribution >= 4 is 5.69 Å². The highest BCUT2D eigenvalue weighted by Gasteiger charge is 2.23. The standard InChI is InChI=1S/C15H17N3/c1-11-6-13(7-12-8-16-10-17-9-12)14-4-2-3-5-15(14)18-11/h2-5,8-11,13,18H,6-7H2,1H3. The minimum atomic E-state index is 0.523. The maximum Gasteiger partial charge on any atom is 0.115 e. The van der Waals surface area contributed by atoms with Crippen LogP contribution in [0, 0.1) is 0 Å². The molecule has 18 heavy (non-hydrogen) atoms. The molecule has 3 nitrogen and oxygen atoms in total. The van der Waals surface area contributed by atoms with Crippen LogP contribution in [-0.2, 0) is 6.42 Å². The molecule has 2 atom stereocenters. The molecule has 0 radical (unpaired) electrons. The Bertz CT molecular complexity index is 524. The quantitative estimate of drug-likeness (QED) is 0.875. The summed E-state index contributed by atoms with van der Waals surface area (Å²) in [5.41, 5.74) is 3.91. The van der Waals surface area contributed by atoms with Gasteiger partial charge in [-0.3, -0.25) is 0 Å². The predicted molar refractivity (Wildman–Crippen MR) is 72.6 cm³/mol. The second kappa shape index (κ2) is 4.77. The van der Waals surface area contributed by atoms with Crippen molar-refractivity contribution in [3.8, 4) is 0 Å². The zero-order valence-corrected chi connectivity index (χ0v) is 10.5. The Balaban J connectivity index is 1.89. The monoisotopic (exact) mass is 239 g/mol. The van der Waals surface area contributed by atoms with Crippen LogP contribution in [0.4, 0.5) is 5.69 Å². The molecule has 1 aromatic heterocycles. The molecule has 0 saturated carbocycles. The molecule has 0 aliphatic carbocycles. The van der Waals surface area contributed by atoms with Gasteiger partial charge in [0.05, 0.1) is 0 Å². The van der Waals surface area contributed by atoms with E-state index >= 15 is 0 Å². The fourth-order valence-corrected chi connectivity index (χ4v) is 2.78. The lowest BCUT2D eigenvalue weighted by Gasteiger charge is -2.31. The molecule has 0 bridgehead atoms. The van der Waals surface area contributed by atoms with Gasteiger partial charge in [-0.2, -0.15) is 0 Å². The van der Waals surface area contributed by atoms with Crippen molar-refractivity contribution in [1.29, 1.82) is 0 Å². The van der Waals surface area contributed by atoms with Crippen LogP contribution >= 0.6 is 0 Å². The van der Waals surface area contributed by atoms with Gasteiger partial charge in [0.2, 0.25) is 0 Å². The topological polar surface area (TPSA) is 37.8 Å². The number of rotatable bonds is 2. The molecule has 0 fully saturated rings. The van der Waals surface area contributed by atoms with Gasteiger partial charge in [0.25, 0.3) is 0 Å². The highest BCUT2D eigenvalue weighted by molar-refractivity contribution is 5.55. The minimum absolute atomic E-state index is 0.523. The lowest BCUT2D eigenvalue weighted by Crippen LogP contribution is -2.26. The van der Waals surface area contributed by atoms with Crippen molar-refractivity contribution < 1.29 is 0 Å². The van der Waals surface area contributed by atoms with Crippen LogP contribution in [0.1, 0.15) is 30.4 Å². The second-order valence-electron chi connectivity index (χ2n) is 5.02. The first-order chi connectivity index (χ1) is 8.83. The average molecular weight is 239 g/mol. The smallest absolute Gasteiger partial charge is 0.115 e. The van der Waals surface area contributed by atoms with E-state index in [-0.39, 0.29) is 0 Å². The molecule has 2 unspecified atom stereocenters. The van der Waals surface area contributed by atoms with E-state index in [1.54, 1.807) is 6.33 Å². The summed E-state index contributed by atoms with van der Waals surface area (Å²) in [6.07, 6.45) is 7.60. The molecule has 3 rings (SSSR count). The van der Waals surface area contributed by atoms with Crippen LogP contribution in [0.25, 0.3) is 0 Å². The van der Waals surface area contributed by atoms with E-state index in [0.717, 1.165) is 12.8 Å². The molecule has 2 aromatic rings. The summed E-state index contributed by atoms with van der Waals surface area (Å²) in [5.74, 6) is 0.559. The van der Waals surface area contributed by atoms with Crippen molar-refractivity contribution in [2.75, 3.05) is 5.32 Å². The predicted octanol–water partition coefficient (Wildman–Crippen LogP) is 3.01. The van der Waals surface area contributed by atoms with Gasteiger partial charge in [0, 0.05) is 24.1 Å². The van der Waals surface area contributed by atoms with Gasteiger partial charge in [0.1, 0.15) is 6.33 Å². The Morgan fingerprint density at radius 1 is 1.22 bits per heavy atom. The number of nitrogens with one attached hydrogen (secondary N) is 1. The number of aromatic nitrogens is 2. The number of anilines is 1. The van der Waals surface area contributed by atoms with Gasteiger partial charge in [-0.1, -0.05) is 18.2 Å². The Labute approximate surface area is 107 Å². The van der Waals surface area contributed by atoms with Crippen LogP contribution in [0.5, 0.6) is 0 Å². The summed E-state index contributed by atoms with van der Waals surface area (Å²) in [7, 11) is 0. The Hall–Kier alpha value is -1.90. The number of hydrogen-bond donors (Lipinski definition) is 1. The maximum atomic E-state index is 4.10. The van der Waals surface area contributed by atoms with Crippen molar-refractivity contribution in [2.45, 2.75) is 31.7 Å². The van der Waals surface area contributed by atoms with Gasteiger partial charge in [-0.25, -0.2) is 9.97 Å². The number of nitrogens with zero attached hydrogens (tertiary/aromatic N) is 2. The van der Waals surface area contributed by atoms with Gasteiger partial charge >= 0.3 is 0 Å². The van der Waals surface area contributed by atoms with E-state index in [9.17, 15) is 0 Å². The largest absolute Gasteiger partial charge is 0.382 e. The lowest BCUT2D eigenvalue weighted by molar-refractivity contribution is 0.550. The van der Waals surface area contributed by atoms with Crippen molar-refractivity contribution in [3.05, 3.63) is 54.1 Å². The Morgan fingerprint density at radius 2 is 2.00 bits per heavy atom. The molecule has 92 valence electrons. The maximum absolute atomic E-state index is 4.10. The number of fused-ring (bicyclic) bond motifs is 1. The molecule has 0 spiro atoms. The third-order valence-corrected chi connectivity index (χ3v) is 3.54. The van der Waals surface area contributed by atoms with Gasteiger partial charge in [0.15, 0.2) is 0 Å². The molecule has 1 aromatic carbocycles. The first kappa shape index (κ1) is 11.2. The SMILES string of the molecule is CC1CC(Cc2cncnc2)c2ccccc2N1. The molecule has 0 amide bonds. The van der Waals surface area contributed by atoms with Gasteiger partial charge in [-0.15, -0.1) is 0 Å². The highest BCUT2D eigenvalue weighted by atomic mass is 14.9. The van der Waals surface area contributed by atoms with E-state index < -0.39 is 0 Å². The zero-order chi connectivity index (χ0) is 12.4. The fraction of sp³-hybridized carbons (Fsp3) is 0.333. The summed E-state index contributed by atoms with van der Waals surface area (Å²) in [6, 6.07) is 9.12. The van der Waals surface area contributed by atoms with Crippen molar-refractivity contribution in [2.24, 2.45) is 0 Å². The first-order valence-corrected chi connectivity index (χ1v) is 6.42. The molecule has 0 saturated heterocycles. The molecular weight excluding hydrogens is 222 g/mol. The van der Waals surface area contributed by atoms with Crippen molar-refractivity contribution in [1.82, 2.24) is 9.97 Å². The molecule has 2 heterocycles. The first-order valence-electron chi connectivity index (χ1n) is 6.42. The average Bonchev–Trinajstić information content (AvgIpc) is 2.40. The third-order valence-electron chi connectivity index (χ3n) is 3.54. The van der Waals surface area contributed by atoms with Crippen LogP contribution < -0.4 is 5.32 Å². The fourth-order valence-electron chi connectivity index (χ4n) is 2.78. The third kappa shape index (κ3) is 2.21. The highest BCUT2D eigenvalue weighted by Crippen LogP contribution is 2.35. The molecular formula is C15H17N3. The number of para-hydroxylation sites is 1. The summed E-state index contributed by atoms with van der Waals surface area (Å²) in [5, 5.41) is 3.54. The van der Waals surface area contributed by atoms with E-state index in [0.29, 0.717) is 12.0 Å². The minimum Gasteiger partial charge on any atom is -0.382 e. The lowest BCUT2D eigenvalue weighted by atomic mass is 9.84. The molecule has 1 aliphatic rings. The van der Waals surface area contributed by atoms with E-state index in [4.69, 9.17) is 0 Å². The molecule has 3 heteroatoms. The van der Waals surface area contributed by atoms with Crippen LogP contribution in [-0.4, -0.2) is 16.0 Å². The van der Waals surface area contributed by atoms with E-state index in [2.05, 4.69) is 46.5 Å². The number of hydrogen-bond acceptors (Lipinski definition) is 3. The van der Waals surface area contributed by atoms with Gasteiger partial charge < -0.3 is 5.32 Å².